The highest BCUT2D eigenvalue weighted by molar-refractivity contribution is 6.30. The first-order valence-electron chi connectivity index (χ1n) is 4.52. The maximum atomic E-state index is 5.66. The molecule has 5 heteroatoms. The van der Waals surface area contributed by atoms with E-state index in [-0.39, 0.29) is 0 Å². The Bertz CT molecular complexity index is 263. The Morgan fingerprint density at radius 3 is 2.64 bits per heavy atom. The van der Waals surface area contributed by atoms with Gasteiger partial charge in [-0.2, -0.15) is 0 Å². The van der Waals surface area contributed by atoms with Gasteiger partial charge >= 0.3 is 0 Å². The molecule has 0 spiro atoms. The monoisotopic (exact) mass is 233 g/mol. The van der Waals surface area contributed by atoms with Gasteiger partial charge in [-0.3, -0.25) is 0 Å². The SMILES string of the molecule is CC(CCCCl)Nc1ncc(Cl)cn1. The molecular weight excluding hydrogens is 221 g/mol. The van der Waals surface area contributed by atoms with Crippen molar-refractivity contribution in [2.45, 2.75) is 25.8 Å². The second kappa shape index (κ2) is 6.04. The first kappa shape index (κ1) is 11.5. The molecule has 0 saturated carbocycles. The fraction of sp³-hybridized carbons (Fsp3) is 0.556. The quantitative estimate of drug-likeness (QED) is 0.796. The fourth-order valence-electron chi connectivity index (χ4n) is 1.06. The van der Waals surface area contributed by atoms with Crippen LogP contribution in [0, 0.1) is 0 Å². The van der Waals surface area contributed by atoms with Crippen LogP contribution in [0.4, 0.5) is 5.95 Å². The van der Waals surface area contributed by atoms with Gasteiger partial charge in [0.2, 0.25) is 5.95 Å². The topological polar surface area (TPSA) is 37.8 Å². The smallest absolute Gasteiger partial charge is 0.222 e. The third kappa shape index (κ3) is 4.11. The average Bonchev–Trinajstić information content (AvgIpc) is 2.18. The summed E-state index contributed by atoms with van der Waals surface area (Å²) in [6.07, 6.45) is 5.15. The zero-order valence-corrected chi connectivity index (χ0v) is 9.52. The Balaban J connectivity index is 2.39. The van der Waals surface area contributed by atoms with Crippen LogP contribution in [0.1, 0.15) is 19.8 Å². The number of rotatable bonds is 5. The lowest BCUT2D eigenvalue weighted by Gasteiger charge is -2.12. The largest absolute Gasteiger partial charge is 0.352 e. The van der Waals surface area contributed by atoms with E-state index in [0.717, 1.165) is 12.8 Å². The second-order valence-electron chi connectivity index (χ2n) is 3.10. The number of anilines is 1. The van der Waals surface area contributed by atoms with E-state index < -0.39 is 0 Å². The van der Waals surface area contributed by atoms with Crippen molar-refractivity contribution in [3.05, 3.63) is 17.4 Å². The Morgan fingerprint density at radius 2 is 2.07 bits per heavy atom. The van der Waals surface area contributed by atoms with E-state index in [2.05, 4.69) is 22.2 Å². The zero-order valence-electron chi connectivity index (χ0n) is 8.00. The molecule has 0 amide bonds. The summed E-state index contributed by atoms with van der Waals surface area (Å²) in [5.74, 6) is 1.30. The van der Waals surface area contributed by atoms with Crippen molar-refractivity contribution in [1.29, 1.82) is 0 Å². The molecular formula is C9H13Cl2N3. The van der Waals surface area contributed by atoms with Gasteiger partial charge in [-0.15, -0.1) is 11.6 Å². The van der Waals surface area contributed by atoms with Crippen LogP contribution < -0.4 is 5.32 Å². The number of nitrogens with one attached hydrogen (secondary N) is 1. The van der Waals surface area contributed by atoms with Gasteiger partial charge in [-0.25, -0.2) is 9.97 Å². The molecule has 0 radical (unpaired) electrons. The van der Waals surface area contributed by atoms with Crippen LogP contribution in [-0.2, 0) is 0 Å². The van der Waals surface area contributed by atoms with Crippen LogP contribution in [0.5, 0.6) is 0 Å². The van der Waals surface area contributed by atoms with Gasteiger partial charge in [0.1, 0.15) is 0 Å². The Hall–Kier alpha value is -0.540. The number of nitrogens with zero attached hydrogens (tertiary/aromatic N) is 2. The van der Waals surface area contributed by atoms with Gasteiger partial charge in [0.05, 0.1) is 17.4 Å². The summed E-state index contributed by atoms with van der Waals surface area (Å²) in [6, 6.07) is 0.329. The molecule has 0 fully saturated rings. The van der Waals surface area contributed by atoms with Crippen LogP contribution in [0.25, 0.3) is 0 Å². The number of aromatic nitrogens is 2. The maximum Gasteiger partial charge on any atom is 0.222 e. The molecule has 0 bridgehead atoms. The molecule has 1 rings (SSSR count). The van der Waals surface area contributed by atoms with Crippen molar-refractivity contribution in [2.24, 2.45) is 0 Å². The van der Waals surface area contributed by atoms with E-state index >= 15 is 0 Å². The summed E-state index contributed by atoms with van der Waals surface area (Å²) in [6.45, 7) is 2.07. The lowest BCUT2D eigenvalue weighted by atomic mass is 10.2. The lowest BCUT2D eigenvalue weighted by molar-refractivity contribution is 0.686. The molecule has 0 aliphatic rings. The minimum Gasteiger partial charge on any atom is -0.352 e. The van der Waals surface area contributed by atoms with E-state index in [4.69, 9.17) is 23.2 Å². The number of halogens is 2. The van der Waals surface area contributed by atoms with E-state index in [1.807, 2.05) is 0 Å². The van der Waals surface area contributed by atoms with Crippen LogP contribution in [0.2, 0.25) is 5.02 Å². The molecule has 1 heterocycles. The van der Waals surface area contributed by atoms with E-state index in [0.29, 0.717) is 22.9 Å². The average molecular weight is 234 g/mol. The summed E-state index contributed by atoms with van der Waals surface area (Å²) >= 11 is 11.3. The van der Waals surface area contributed by atoms with Gasteiger partial charge in [-0.1, -0.05) is 11.6 Å². The van der Waals surface area contributed by atoms with Crippen molar-refractivity contribution >= 4 is 29.2 Å². The van der Waals surface area contributed by atoms with Crippen molar-refractivity contribution < 1.29 is 0 Å². The molecule has 1 aromatic rings. The minimum atomic E-state index is 0.329. The lowest BCUT2D eigenvalue weighted by Crippen LogP contribution is -2.16. The standard InChI is InChI=1S/C9H13Cl2N3/c1-7(3-2-4-10)14-9-12-5-8(11)6-13-9/h5-7H,2-4H2,1H3,(H,12,13,14). The summed E-state index contributed by atoms with van der Waals surface area (Å²) in [4.78, 5) is 8.08. The summed E-state index contributed by atoms with van der Waals surface area (Å²) < 4.78 is 0. The molecule has 1 aromatic heterocycles. The third-order valence-electron chi connectivity index (χ3n) is 1.77. The minimum absolute atomic E-state index is 0.329. The van der Waals surface area contributed by atoms with Gasteiger partial charge in [-0.05, 0) is 19.8 Å². The van der Waals surface area contributed by atoms with Gasteiger partial charge in [0, 0.05) is 11.9 Å². The zero-order chi connectivity index (χ0) is 10.4. The molecule has 1 atom stereocenters. The molecule has 0 aromatic carbocycles. The predicted molar refractivity (Wildman–Crippen MR) is 60.1 cm³/mol. The highest BCUT2D eigenvalue weighted by Crippen LogP contribution is 2.08. The number of hydrogen-bond donors (Lipinski definition) is 1. The normalized spacial score (nSPS) is 12.5. The van der Waals surface area contributed by atoms with Crippen LogP contribution in [0.15, 0.2) is 12.4 Å². The second-order valence-corrected chi connectivity index (χ2v) is 3.92. The highest BCUT2D eigenvalue weighted by Gasteiger charge is 2.02. The third-order valence-corrected chi connectivity index (χ3v) is 2.23. The summed E-state index contributed by atoms with van der Waals surface area (Å²) in [5, 5.41) is 3.71. The van der Waals surface area contributed by atoms with E-state index in [9.17, 15) is 0 Å². The summed E-state index contributed by atoms with van der Waals surface area (Å²) in [7, 11) is 0. The molecule has 1 N–H and O–H groups in total. The van der Waals surface area contributed by atoms with Gasteiger partial charge < -0.3 is 5.32 Å². The molecule has 0 aliphatic carbocycles. The maximum absolute atomic E-state index is 5.66. The molecule has 1 unspecified atom stereocenters. The first-order valence-corrected chi connectivity index (χ1v) is 5.43. The Kier molecular flexibility index (Phi) is 4.98. The molecule has 78 valence electrons. The van der Waals surface area contributed by atoms with Crippen LogP contribution >= 0.6 is 23.2 Å². The fourth-order valence-corrected chi connectivity index (χ4v) is 1.31. The Morgan fingerprint density at radius 1 is 1.43 bits per heavy atom. The van der Waals surface area contributed by atoms with Crippen LogP contribution in [-0.4, -0.2) is 21.9 Å². The van der Waals surface area contributed by atoms with E-state index in [1.165, 1.54) is 0 Å². The van der Waals surface area contributed by atoms with Gasteiger partial charge in [0.25, 0.3) is 0 Å². The molecule has 0 saturated heterocycles. The summed E-state index contributed by atoms with van der Waals surface area (Å²) in [5.41, 5.74) is 0. The molecule has 3 nitrogen and oxygen atoms in total. The van der Waals surface area contributed by atoms with Crippen LogP contribution in [0.3, 0.4) is 0 Å². The predicted octanol–water partition coefficient (Wildman–Crippen LogP) is 2.95. The first-order chi connectivity index (χ1) is 6.72. The highest BCUT2D eigenvalue weighted by atomic mass is 35.5. The number of hydrogen-bond acceptors (Lipinski definition) is 3. The van der Waals surface area contributed by atoms with Crippen molar-refractivity contribution in [2.75, 3.05) is 11.2 Å². The van der Waals surface area contributed by atoms with Crippen molar-refractivity contribution in [3.8, 4) is 0 Å². The van der Waals surface area contributed by atoms with E-state index in [1.54, 1.807) is 12.4 Å². The molecule has 0 aliphatic heterocycles. The Labute approximate surface area is 93.9 Å². The van der Waals surface area contributed by atoms with Gasteiger partial charge in [0.15, 0.2) is 0 Å². The van der Waals surface area contributed by atoms with Crippen molar-refractivity contribution in [1.82, 2.24) is 9.97 Å². The molecule has 14 heavy (non-hydrogen) atoms. The van der Waals surface area contributed by atoms with Crippen molar-refractivity contribution in [3.63, 3.8) is 0 Å². The number of alkyl halides is 1.